The summed E-state index contributed by atoms with van der Waals surface area (Å²) in [5.74, 6) is -1.70. The van der Waals surface area contributed by atoms with Gasteiger partial charge in [0, 0.05) is 0 Å². The maximum Gasteiger partial charge on any atom is 0.341 e. The van der Waals surface area contributed by atoms with Gasteiger partial charge in [0.05, 0.1) is 19.3 Å². The Morgan fingerprint density at radius 1 is 1.14 bits per heavy atom. The predicted molar refractivity (Wildman–Crippen MR) is 74.3 cm³/mol. The summed E-state index contributed by atoms with van der Waals surface area (Å²) < 4.78 is 37.6. The van der Waals surface area contributed by atoms with Gasteiger partial charge in [-0.05, 0) is 36.8 Å². The standard InChI is InChI=1S/C16H14F2O3/c1-3-21-14-9-10(7-8-11(14)16(19)20-2)15-12(17)5-4-6-13(15)18/h4-9H,3H2,1-2H3. The van der Waals surface area contributed by atoms with E-state index in [1.807, 2.05) is 0 Å². The second-order valence-electron chi connectivity index (χ2n) is 4.23. The van der Waals surface area contributed by atoms with Gasteiger partial charge in [-0.25, -0.2) is 13.6 Å². The van der Waals surface area contributed by atoms with Crippen LogP contribution in [-0.2, 0) is 4.74 Å². The highest BCUT2D eigenvalue weighted by atomic mass is 19.1. The molecule has 2 aromatic rings. The molecule has 0 amide bonds. The van der Waals surface area contributed by atoms with E-state index in [9.17, 15) is 13.6 Å². The van der Waals surface area contributed by atoms with Crippen LogP contribution in [0.5, 0.6) is 5.75 Å². The van der Waals surface area contributed by atoms with Gasteiger partial charge < -0.3 is 9.47 Å². The Kier molecular flexibility index (Phi) is 4.52. The summed E-state index contributed by atoms with van der Waals surface area (Å²) in [7, 11) is 1.25. The zero-order valence-electron chi connectivity index (χ0n) is 11.7. The van der Waals surface area contributed by atoms with Crippen LogP contribution in [0.3, 0.4) is 0 Å². The van der Waals surface area contributed by atoms with Gasteiger partial charge in [0.15, 0.2) is 0 Å². The van der Waals surface area contributed by atoms with Crippen molar-refractivity contribution in [2.24, 2.45) is 0 Å². The number of hydrogen-bond donors (Lipinski definition) is 0. The van der Waals surface area contributed by atoms with Crippen molar-refractivity contribution >= 4 is 5.97 Å². The number of halogens is 2. The first kappa shape index (κ1) is 15.0. The first-order chi connectivity index (χ1) is 10.1. The molecule has 0 aromatic heterocycles. The zero-order chi connectivity index (χ0) is 15.4. The molecule has 2 rings (SSSR count). The number of hydrogen-bond acceptors (Lipinski definition) is 3. The number of carbonyl (C=O) groups excluding carboxylic acids is 1. The molecule has 0 aliphatic rings. The van der Waals surface area contributed by atoms with Crippen molar-refractivity contribution in [1.82, 2.24) is 0 Å². The van der Waals surface area contributed by atoms with E-state index in [1.165, 1.54) is 43.5 Å². The molecule has 3 nitrogen and oxygen atoms in total. The Hall–Kier alpha value is -2.43. The minimum atomic E-state index is -0.678. The van der Waals surface area contributed by atoms with E-state index in [2.05, 4.69) is 4.74 Å². The van der Waals surface area contributed by atoms with E-state index in [-0.39, 0.29) is 16.9 Å². The fourth-order valence-electron chi connectivity index (χ4n) is 2.00. The minimum Gasteiger partial charge on any atom is -0.493 e. The van der Waals surface area contributed by atoms with Gasteiger partial charge in [0.1, 0.15) is 22.9 Å². The lowest BCUT2D eigenvalue weighted by molar-refractivity contribution is 0.0596. The molecule has 0 aliphatic heterocycles. The zero-order valence-corrected chi connectivity index (χ0v) is 11.7. The van der Waals surface area contributed by atoms with Crippen LogP contribution in [0, 0.1) is 11.6 Å². The van der Waals surface area contributed by atoms with E-state index in [0.717, 1.165) is 0 Å². The van der Waals surface area contributed by atoms with Crippen LogP contribution in [0.25, 0.3) is 11.1 Å². The van der Waals surface area contributed by atoms with Gasteiger partial charge in [-0.15, -0.1) is 0 Å². The molecular formula is C16H14F2O3. The summed E-state index contributed by atoms with van der Waals surface area (Å²) in [5, 5.41) is 0. The van der Waals surface area contributed by atoms with Crippen molar-refractivity contribution in [1.29, 1.82) is 0 Å². The minimum absolute atomic E-state index is 0.158. The molecule has 0 fully saturated rings. The second-order valence-corrected chi connectivity index (χ2v) is 4.23. The molecule has 0 aliphatic carbocycles. The van der Waals surface area contributed by atoms with Crippen molar-refractivity contribution in [2.75, 3.05) is 13.7 Å². The van der Waals surface area contributed by atoms with E-state index in [0.29, 0.717) is 12.2 Å². The monoisotopic (exact) mass is 292 g/mol. The molecule has 0 unspecified atom stereocenters. The quantitative estimate of drug-likeness (QED) is 0.804. The molecule has 0 N–H and O–H groups in total. The number of rotatable bonds is 4. The molecule has 0 spiro atoms. The number of methoxy groups -OCH3 is 1. The molecular weight excluding hydrogens is 278 g/mol. The largest absolute Gasteiger partial charge is 0.493 e. The molecule has 21 heavy (non-hydrogen) atoms. The summed E-state index contributed by atoms with van der Waals surface area (Å²) in [6.45, 7) is 2.06. The summed E-state index contributed by atoms with van der Waals surface area (Å²) in [4.78, 5) is 11.6. The maximum atomic E-state index is 13.8. The average molecular weight is 292 g/mol. The van der Waals surface area contributed by atoms with Crippen LogP contribution in [-0.4, -0.2) is 19.7 Å². The lowest BCUT2D eigenvalue weighted by Crippen LogP contribution is -2.06. The van der Waals surface area contributed by atoms with Gasteiger partial charge >= 0.3 is 5.97 Å². The lowest BCUT2D eigenvalue weighted by atomic mass is 10.0. The Morgan fingerprint density at radius 2 is 1.81 bits per heavy atom. The van der Waals surface area contributed by atoms with Gasteiger partial charge in [-0.2, -0.15) is 0 Å². The van der Waals surface area contributed by atoms with Crippen LogP contribution in [0.2, 0.25) is 0 Å². The smallest absolute Gasteiger partial charge is 0.341 e. The highest BCUT2D eigenvalue weighted by Crippen LogP contribution is 2.31. The van der Waals surface area contributed by atoms with Crippen LogP contribution in [0.15, 0.2) is 36.4 Å². The highest BCUT2D eigenvalue weighted by Gasteiger charge is 2.17. The Morgan fingerprint density at radius 3 is 2.38 bits per heavy atom. The van der Waals surface area contributed by atoms with E-state index in [4.69, 9.17) is 4.74 Å². The molecule has 110 valence electrons. The van der Waals surface area contributed by atoms with Crippen molar-refractivity contribution in [2.45, 2.75) is 6.92 Å². The average Bonchev–Trinajstić information content (AvgIpc) is 2.47. The van der Waals surface area contributed by atoms with Gasteiger partial charge in [-0.1, -0.05) is 12.1 Å². The summed E-state index contributed by atoms with van der Waals surface area (Å²) in [6, 6.07) is 7.95. The van der Waals surface area contributed by atoms with E-state index >= 15 is 0 Å². The molecule has 0 radical (unpaired) electrons. The van der Waals surface area contributed by atoms with Crippen LogP contribution >= 0.6 is 0 Å². The van der Waals surface area contributed by atoms with Crippen molar-refractivity contribution < 1.29 is 23.0 Å². The molecule has 0 atom stereocenters. The number of benzene rings is 2. The first-order valence-corrected chi connectivity index (χ1v) is 6.38. The van der Waals surface area contributed by atoms with Crippen LogP contribution in [0.4, 0.5) is 8.78 Å². The number of esters is 1. The van der Waals surface area contributed by atoms with Gasteiger partial charge in [0.2, 0.25) is 0 Å². The third-order valence-corrected chi connectivity index (χ3v) is 2.94. The Labute approximate surface area is 121 Å². The predicted octanol–water partition coefficient (Wildman–Crippen LogP) is 3.82. The molecule has 0 saturated carbocycles. The van der Waals surface area contributed by atoms with Crippen LogP contribution in [0.1, 0.15) is 17.3 Å². The maximum absolute atomic E-state index is 13.8. The SMILES string of the molecule is CCOc1cc(-c2c(F)cccc2F)ccc1C(=O)OC. The third-order valence-electron chi connectivity index (χ3n) is 2.94. The van der Waals surface area contributed by atoms with Crippen molar-refractivity contribution in [3.05, 3.63) is 53.6 Å². The normalized spacial score (nSPS) is 10.3. The van der Waals surface area contributed by atoms with Crippen molar-refractivity contribution in [3.63, 3.8) is 0 Å². The van der Waals surface area contributed by atoms with Crippen molar-refractivity contribution in [3.8, 4) is 16.9 Å². The molecule has 2 aromatic carbocycles. The molecule has 0 bridgehead atoms. The Balaban J connectivity index is 2.57. The second kappa shape index (κ2) is 6.35. The highest BCUT2D eigenvalue weighted by molar-refractivity contribution is 5.93. The molecule has 0 saturated heterocycles. The van der Waals surface area contributed by atoms with E-state index in [1.54, 1.807) is 6.92 Å². The molecule has 0 heterocycles. The number of carbonyl (C=O) groups is 1. The topological polar surface area (TPSA) is 35.5 Å². The van der Waals surface area contributed by atoms with Gasteiger partial charge in [0.25, 0.3) is 0 Å². The fraction of sp³-hybridized carbons (Fsp3) is 0.188. The molecule has 5 heteroatoms. The fourth-order valence-corrected chi connectivity index (χ4v) is 2.00. The van der Waals surface area contributed by atoms with Crippen LogP contribution < -0.4 is 4.74 Å². The van der Waals surface area contributed by atoms with E-state index < -0.39 is 17.6 Å². The summed E-state index contributed by atoms with van der Waals surface area (Å²) >= 11 is 0. The lowest BCUT2D eigenvalue weighted by Gasteiger charge is -2.12. The Bertz CT molecular complexity index is 648. The van der Waals surface area contributed by atoms with Gasteiger partial charge in [-0.3, -0.25) is 0 Å². The number of ether oxygens (including phenoxy) is 2. The summed E-state index contributed by atoms with van der Waals surface area (Å²) in [5.41, 5.74) is 0.344. The summed E-state index contributed by atoms with van der Waals surface area (Å²) in [6.07, 6.45) is 0. The first-order valence-electron chi connectivity index (χ1n) is 6.38. The third kappa shape index (κ3) is 3.02.